The Labute approximate surface area is 177 Å². The summed E-state index contributed by atoms with van der Waals surface area (Å²) in [5.41, 5.74) is 0.157. The molecule has 0 radical (unpaired) electrons. The van der Waals surface area contributed by atoms with Gasteiger partial charge in [0, 0.05) is 32.2 Å². The van der Waals surface area contributed by atoms with Crippen molar-refractivity contribution in [2.45, 2.75) is 44.4 Å². The van der Waals surface area contributed by atoms with E-state index < -0.39 is 14.9 Å². The average molecular weight is 440 g/mol. The van der Waals surface area contributed by atoms with Crippen molar-refractivity contribution in [2.24, 2.45) is 11.8 Å². The van der Waals surface area contributed by atoms with E-state index in [2.05, 4.69) is 6.92 Å². The number of ether oxygens (including phenoxy) is 1. The summed E-state index contributed by atoms with van der Waals surface area (Å²) in [6.45, 7) is 5.99. The van der Waals surface area contributed by atoms with E-state index in [1.54, 1.807) is 6.92 Å². The predicted octanol–water partition coefficient (Wildman–Crippen LogP) is 2.79. The zero-order valence-electron chi connectivity index (χ0n) is 17.5. The highest BCUT2D eigenvalue weighted by molar-refractivity contribution is 7.89. The number of anilines is 1. The van der Waals surface area contributed by atoms with Gasteiger partial charge in [0.2, 0.25) is 10.0 Å². The van der Waals surface area contributed by atoms with Crippen LogP contribution in [0.25, 0.3) is 0 Å². The average Bonchev–Trinajstić information content (AvgIpc) is 2.74. The summed E-state index contributed by atoms with van der Waals surface area (Å²) in [5.74, 6) is 0.0380. The standard InChI is InChI=1S/C20H29N3O6S/c1-3-29-20(24)16-8-10-21(11-9-16)18-5-4-17(14-19(18)23(25)26)30(27,28)22-12-6-15(2)7-13-22/h4-5,14-16H,3,6-13H2,1-2H3. The van der Waals surface area contributed by atoms with E-state index in [-0.39, 0.29) is 22.5 Å². The third-order valence-corrected chi connectivity index (χ3v) is 7.87. The number of esters is 1. The molecule has 2 saturated heterocycles. The fourth-order valence-corrected chi connectivity index (χ4v) is 5.56. The highest BCUT2D eigenvalue weighted by atomic mass is 32.2. The van der Waals surface area contributed by atoms with Gasteiger partial charge < -0.3 is 9.64 Å². The molecular formula is C20H29N3O6S. The maximum absolute atomic E-state index is 13.0. The van der Waals surface area contributed by atoms with E-state index in [9.17, 15) is 23.3 Å². The minimum absolute atomic E-state index is 0.0473. The molecule has 9 nitrogen and oxygen atoms in total. The largest absolute Gasteiger partial charge is 0.466 e. The van der Waals surface area contributed by atoms with Gasteiger partial charge >= 0.3 is 5.97 Å². The second kappa shape index (κ2) is 9.30. The van der Waals surface area contributed by atoms with E-state index in [1.165, 1.54) is 22.5 Å². The van der Waals surface area contributed by atoms with E-state index in [0.29, 0.717) is 57.2 Å². The van der Waals surface area contributed by atoms with E-state index in [0.717, 1.165) is 12.8 Å². The molecule has 3 rings (SSSR count). The summed E-state index contributed by atoms with van der Waals surface area (Å²) in [4.78, 5) is 24.9. The second-order valence-electron chi connectivity index (χ2n) is 8.01. The summed E-state index contributed by atoms with van der Waals surface area (Å²) in [5, 5.41) is 11.7. The first-order valence-corrected chi connectivity index (χ1v) is 11.9. The Balaban J connectivity index is 1.80. The normalized spacial score (nSPS) is 19.6. The second-order valence-corrected chi connectivity index (χ2v) is 9.95. The molecule has 0 saturated carbocycles. The zero-order chi connectivity index (χ0) is 21.9. The Hall–Kier alpha value is -2.20. The minimum Gasteiger partial charge on any atom is -0.466 e. The molecule has 0 atom stereocenters. The molecule has 0 unspecified atom stereocenters. The zero-order valence-corrected chi connectivity index (χ0v) is 18.3. The molecule has 2 heterocycles. The molecule has 0 aliphatic carbocycles. The molecule has 0 aromatic heterocycles. The summed E-state index contributed by atoms with van der Waals surface area (Å²) in [7, 11) is -3.77. The van der Waals surface area contributed by atoms with Gasteiger partial charge in [0.25, 0.3) is 5.69 Å². The van der Waals surface area contributed by atoms with Crippen molar-refractivity contribution in [2.75, 3.05) is 37.7 Å². The number of nitro groups is 1. The first kappa shape index (κ1) is 22.5. The highest BCUT2D eigenvalue weighted by Crippen LogP contribution is 2.35. The van der Waals surface area contributed by atoms with Crippen LogP contribution in [0.15, 0.2) is 23.1 Å². The summed E-state index contributed by atoms with van der Waals surface area (Å²) in [6, 6.07) is 4.13. The molecule has 2 aliphatic heterocycles. The van der Waals surface area contributed by atoms with Crippen molar-refractivity contribution in [3.63, 3.8) is 0 Å². The van der Waals surface area contributed by atoms with Crippen LogP contribution in [0.4, 0.5) is 11.4 Å². The number of piperidine rings is 2. The smallest absolute Gasteiger partial charge is 0.309 e. The van der Waals surface area contributed by atoms with Crippen molar-refractivity contribution in [3.05, 3.63) is 28.3 Å². The van der Waals surface area contributed by atoms with Gasteiger partial charge in [0.05, 0.1) is 22.3 Å². The van der Waals surface area contributed by atoms with Crippen LogP contribution in [0.5, 0.6) is 0 Å². The number of nitro benzene ring substituents is 1. The Kier molecular flexibility index (Phi) is 6.97. The van der Waals surface area contributed by atoms with Crippen LogP contribution >= 0.6 is 0 Å². The maximum Gasteiger partial charge on any atom is 0.309 e. The highest BCUT2D eigenvalue weighted by Gasteiger charge is 2.32. The van der Waals surface area contributed by atoms with Crippen LogP contribution in [0.3, 0.4) is 0 Å². The van der Waals surface area contributed by atoms with Crippen LogP contribution in [0.2, 0.25) is 0 Å². The molecule has 0 spiro atoms. The molecule has 0 N–H and O–H groups in total. The maximum atomic E-state index is 13.0. The molecule has 0 amide bonds. The summed E-state index contributed by atoms with van der Waals surface area (Å²) < 4.78 is 32.4. The van der Waals surface area contributed by atoms with Gasteiger partial charge in [0.15, 0.2) is 0 Å². The number of hydrogen-bond donors (Lipinski definition) is 0. The lowest BCUT2D eigenvalue weighted by Gasteiger charge is -2.32. The summed E-state index contributed by atoms with van der Waals surface area (Å²) in [6.07, 6.45) is 2.66. The van der Waals surface area contributed by atoms with Gasteiger partial charge in [0.1, 0.15) is 5.69 Å². The first-order chi connectivity index (χ1) is 14.2. The SMILES string of the molecule is CCOC(=O)C1CCN(c2ccc(S(=O)(=O)N3CCC(C)CC3)cc2[N+](=O)[O-])CC1. The molecule has 1 aromatic rings. The van der Waals surface area contributed by atoms with E-state index in [4.69, 9.17) is 4.74 Å². The number of rotatable bonds is 6. The molecule has 1 aromatic carbocycles. The fraction of sp³-hybridized carbons (Fsp3) is 0.650. The van der Waals surface area contributed by atoms with Crippen molar-refractivity contribution in [1.29, 1.82) is 0 Å². The van der Waals surface area contributed by atoms with Gasteiger partial charge in [-0.1, -0.05) is 6.92 Å². The fourth-order valence-electron chi connectivity index (χ4n) is 4.07. The van der Waals surface area contributed by atoms with Gasteiger partial charge in [-0.05, 0) is 50.7 Å². The monoisotopic (exact) mass is 439 g/mol. The number of hydrogen-bond acceptors (Lipinski definition) is 7. The lowest BCUT2D eigenvalue weighted by atomic mass is 9.96. The molecule has 0 bridgehead atoms. The van der Waals surface area contributed by atoms with Gasteiger partial charge in [-0.2, -0.15) is 4.31 Å². The Bertz CT molecular complexity index is 888. The summed E-state index contributed by atoms with van der Waals surface area (Å²) >= 11 is 0. The van der Waals surface area contributed by atoms with Crippen LogP contribution in [0, 0.1) is 22.0 Å². The third-order valence-electron chi connectivity index (χ3n) is 5.98. The molecule has 2 aliphatic rings. The van der Waals surface area contributed by atoms with Crippen LogP contribution in [-0.4, -0.2) is 56.4 Å². The van der Waals surface area contributed by atoms with Crippen molar-refractivity contribution < 1.29 is 22.9 Å². The predicted molar refractivity (Wildman–Crippen MR) is 112 cm³/mol. The molecule has 30 heavy (non-hydrogen) atoms. The number of benzene rings is 1. The van der Waals surface area contributed by atoms with E-state index in [1.807, 2.05) is 4.90 Å². The Morgan fingerprint density at radius 2 is 1.80 bits per heavy atom. The van der Waals surface area contributed by atoms with Gasteiger partial charge in [-0.25, -0.2) is 8.42 Å². The van der Waals surface area contributed by atoms with Gasteiger partial charge in [-0.3, -0.25) is 14.9 Å². The first-order valence-electron chi connectivity index (χ1n) is 10.4. The molecular weight excluding hydrogens is 410 g/mol. The minimum atomic E-state index is -3.77. The number of nitrogens with zero attached hydrogens (tertiary/aromatic N) is 3. The quantitative estimate of drug-likeness (QED) is 0.381. The topological polar surface area (TPSA) is 110 Å². The Morgan fingerprint density at radius 3 is 2.37 bits per heavy atom. The van der Waals surface area contributed by atoms with Gasteiger partial charge in [-0.15, -0.1) is 0 Å². The van der Waals surface area contributed by atoms with Crippen molar-refractivity contribution in [1.82, 2.24) is 4.31 Å². The van der Waals surface area contributed by atoms with E-state index >= 15 is 0 Å². The molecule has 2 fully saturated rings. The molecule has 166 valence electrons. The molecule has 10 heteroatoms. The van der Waals surface area contributed by atoms with Crippen molar-refractivity contribution >= 4 is 27.4 Å². The van der Waals surface area contributed by atoms with Crippen LogP contribution < -0.4 is 4.90 Å². The van der Waals surface area contributed by atoms with Crippen LogP contribution in [-0.2, 0) is 19.6 Å². The third kappa shape index (κ3) is 4.75. The Morgan fingerprint density at radius 1 is 1.17 bits per heavy atom. The van der Waals surface area contributed by atoms with Crippen molar-refractivity contribution in [3.8, 4) is 0 Å². The van der Waals surface area contributed by atoms with Crippen LogP contribution in [0.1, 0.15) is 39.5 Å². The number of sulfonamides is 1. The lowest BCUT2D eigenvalue weighted by molar-refractivity contribution is -0.384. The lowest BCUT2D eigenvalue weighted by Crippen LogP contribution is -2.38. The number of carbonyl (C=O) groups is 1. The number of carbonyl (C=O) groups excluding carboxylic acids is 1.